The summed E-state index contributed by atoms with van der Waals surface area (Å²) in [4.78, 5) is 34.6. The fraction of sp³-hybridized carbons (Fsp3) is 0.412. The van der Waals surface area contributed by atoms with Gasteiger partial charge >= 0.3 is 5.97 Å². The van der Waals surface area contributed by atoms with Crippen LogP contribution in [-0.4, -0.2) is 45.9 Å². The van der Waals surface area contributed by atoms with E-state index in [0.717, 1.165) is 10.7 Å². The number of rotatable bonds is 6. The van der Waals surface area contributed by atoms with E-state index in [0.29, 0.717) is 5.69 Å². The lowest BCUT2D eigenvalue weighted by Crippen LogP contribution is -2.52. The number of hydrogen-bond donors (Lipinski definition) is 0. The van der Waals surface area contributed by atoms with Crippen LogP contribution < -0.4 is 0 Å². The fourth-order valence-corrected chi connectivity index (χ4v) is 2.82. The molecule has 0 atom stereocenters. The Labute approximate surface area is 145 Å². The zero-order valence-corrected chi connectivity index (χ0v) is 15.1. The summed E-state index contributed by atoms with van der Waals surface area (Å²) in [6, 6.07) is 5.61. The van der Waals surface area contributed by atoms with Crippen LogP contribution in [0.1, 0.15) is 26.5 Å². The first kappa shape index (κ1) is 18.1. The van der Waals surface area contributed by atoms with Crippen LogP contribution in [0.4, 0.5) is 0 Å². The average Bonchev–Trinajstić information content (AvgIpc) is 3.03. The molecule has 0 saturated heterocycles. The third-order valence-corrected chi connectivity index (χ3v) is 4.67. The number of hydrogen-bond acceptors (Lipinski definition) is 6. The van der Waals surface area contributed by atoms with Crippen LogP contribution in [0, 0.1) is 0 Å². The van der Waals surface area contributed by atoms with Gasteiger partial charge in [-0.2, -0.15) is 0 Å². The van der Waals surface area contributed by atoms with Crippen molar-refractivity contribution in [2.45, 2.75) is 32.7 Å². The first-order valence-corrected chi connectivity index (χ1v) is 8.54. The SMILES string of the molecule is CCOC(=O)C(C)(C)N(C)C(=O)Cc1csc(-c2ccccn2)n1. The lowest BCUT2D eigenvalue weighted by molar-refractivity contribution is -0.160. The molecule has 1 amide bonds. The number of amides is 1. The Bertz CT molecular complexity index is 713. The molecule has 0 aliphatic rings. The summed E-state index contributed by atoms with van der Waals surface area (Å²) in [5, 5.41) is 2.61. The van der Waals surface area contributed by atoms with Crippen molar-refractivity contribution >= 4 is 23.2 Å². The molecule has 0 aliphatic carbocycles. The van der Waals surface area contributed by atoms with E-state index in [-0.39, 0.29) is 18.9 Å². The second-order valence-corrected chi connectivity index (χ2v) is 6.63. The molecule has 6 nitrogen and oxygen atoms in total. The zero-order chi connectivity index (χ0) is 17.7. The molecule has 128 valence electrons. The number of esters is 1. The van der Waals surface area contributed by atoms with Gasteiger partial charge in [0, 0.05) is 18.6 Å². The highest BCUT2D eigenvalue weighted by Gasteiger charge is 2.36. The molecule has 2 aromatic rings. The molecule has 0 unspecified atom stereocenters. The van der Waals surface area contributed by atoms with Gasteiger partial charge in [-0.25, -0.2) is 9.78 Å². The van der Waals surface area contributed by atoms with E-state index in [1.54, 1.807) is 34.0 Å². The average molecular weight is 347 g/mol. The van der Waals surface area contributed by atoms with Gasteiger partial charge < -0.3 is 9.64 Å². The molecule has 0 spiro atoms. The van der Waals surface area contributed by atoms with E-state index in [1.807, 2.05) is 23.6 Å². The van der Waals surface area contributed by atoms with E-state index in [9.17, 15) is 9.59 Å². The van der Waals surface area contributed by atoms with E-state index in [1.165, 1.54) is 16.2 Å². The molecule has 0 fully saturated rings. The van der Waals surface area contributed by atoms with Crippen molar-refractivity contribution in [3.8, 4) is 10.7 Å². The summed E-state index contributed by atoms with van der Waals surface area (Å²) < 4.78 is 5.04. The Morgan fingerprint density at radius 1 is 1.33 bits per heavy atom. The van der Waals surface area contributed by atoms with E-state index in [4.69, 9.17) is 4.74 Å². The third-order valence-electron chi connectivity index (χ3n) is 3.76. The molecule has 2 heterocycles. The predicted octanol–water partition coefficient (Wildman–Crippen LogP) is 2.55. The zero-order valence-electron chi connectivity index (χ0n) is 14.3. The largest absolute Gasteiger partial charge is 0.464 e. The minimum absolute atomic E-state index is 0.128. The maximum Gasteiger partial charge on any atom is 0.331 e. The monoisotopic (exact) mass is 347 g/mol. The summed E-state index contributed by atoms with van der Waals surface area (Å²) in [5.74, 6) is -0.612. The van der Waals surface area contributed by atoms with Crippen molar-refractivity contribution in [3.05, 3.63) is 35.5 Å². The second-order valence-electron chi connectivity index (χ2n) is 5.77. The topological polar surface area (TPSA) is 72.4 Å². The molecule has 7 heteroatoms. The molecule has 2 rings (SSSR count). The van der Waals surface area contributed by atoms with Crippen LogP contribution in [-0.2, 0) is 20.7 Å². The van der Waals surface area contributed by atoms with Crippen molar-refractivity contribution in [2.75, 3.05) is 13.7 Å². The predicted molar refractivity (Wildman–Crippen MR) is 92.5 cm³/mol. The van der Waals surface area contributed by atoms with E-state index in [2.05, 4.69) is 9.97 Å². The minimum atomic E-state index is -1.02. The molecule has 0 saturated carbocycles. The molecule has 0 N–H and O–H groups in total. The van der Waals surface area contributed by atoms with E-state index < -0.39 is 11.5 Å². The van der Waals surface area contributed by atoms with Gasteiger partial charge in [-0.15, -0.1) is 11.3 Å². The Balaban J connectivity index is 2.07. The number of pyridine rings is 1. The number of thiazole rings is 1. The van der Waals surface area contributed by atoms with Crippen LogP contribution in [0.15, 0.2) is 29.8 Å². The smallest absolute Gasteiger partial charge is 0.331 e. The van der Waals surface area contributed by atoms with Crippen LogP contribution in [0.25, 0.3) is 10.7 Å². The maximum atomic E-state index is 12.5. The van der Waals surface area contributed by atoms with Crippen LogP contribution in [0.3, 0.4) is 0 Å². The molecule has 0 bridgehead atoms. The Hall–Kier alpha value is -2.28. The van der Waals surface area contributed by atoms with Crippen molar-refractivity contribution in [1.29, 1.82) is 0 Å². The van der Waals surface area contributed by atoms with Gasteiger partial charge in [0.25, 0.3) is 0 Å². The quantitative estimate of drug-likeness (QED) is 0.751. The number of likely N-dealkylation sites (N-methyl/N-ethyl adjacent to an activating group) is 1. The molecule has 0 aliphatic heterocycles. The summed E-state index contributed by atoms with van der Waals surface area (Å²) in [5.41, 5.74) is 0.422. The highest BCUT2D eigenvalue weighted by atomic mass is 32.1. The lowest BCUT2D eigenvalue weighted by atomic mass is 10.0. The first-order chi connectivity index (χ1) is 11.4. The summed E-state index contributed by atoms with van der Waals surface area (Å²) in [6.07, 6.45) is 1.83. The highest BCUT2D eigenvalue weighted by Crippen LogP contribution is 2.22. The Morgan fingerprint density at radius 3 is 2.71 bits per heavy atom. The Morgan fingerprint density at radius 2 is 2.08 bits per heavy atom. The van der Waals surface area contributed by atoms with Crippen LogP contribution in [0.5, 0.6) is 0 Å². The lowest BCUT2D eigenvalue weighted by Gasteiger charge is -2.33. The number of aromatic nitrogens is 2. The van der Waals surface area contributed by atoms with Crippen molar-refractivity contribution in [2.24, 2.45) is 0 Å². The van der Waals surface area contributed by atoms with Gasteiger partial charge in [0.1, 0.15) is 10.5 Å². The van der Waals surface area contributed by atoms with Gasteiger partial charge in [0.2, 0.25) is 5.91 Å². The number of carbonyl (C=O) groups excluding carboxylic acids is 2. The van der Waals surface area contributed by atoms with Crippen LogP contribution >= 0.6 is 11.3 Å². The van der Waals surface area contributed by atoms with Gasteiger partial charge in [-0.3, -0.25) is 9.78 Å². The van der Waals surface area contributed by atoms with Gasteiger partial charge in [0.15, 0.2) is 0 Å². The molecule has 0 radical (unpaired) electrons. The first-order valence-electron chi connectivity index (χ1n) is 7.66. The summed E-state index contributed by atoms with van der Waals surface area (Å²) in [7, 11) is 1.60. The molecular formula is C17H21N3O3S. The molecule has 2 aromatic heterocycles. The normalized spacial score (nSPS) is 11.2. The third kappa shape index (κ3) is 3.97. The van der Waals surface area contributed by atoms with Gasteiger partial charge in [-0.05, 0) is 32.9 Å². The Kier molecular flexibility index (Phi) is 5.66. The van der Waals surface area contributed by atoms with Gasteiger partial charge in [0.05, 0.1) is 24.4 Å². The number of nitrogens with zero attached hydrogens (tertiary/aromatic N) is 3. The molecule has 24 heavy (non-hydrogen) atoms. The highest BCUT2D eigenvalue weighted by molar-refractivity contribution is 7.13. The standard InChI is InChI=1S/C17H21N3O3S/c1-5-23-16(22)17(2,3)20(4)14(21)10-12-11-24-15(19-12)13-8-6-7-9-18-13/h6-9,11H,5,10H2,1-4H3. The van der Waals surface area contributed by atoms with Crippen LogP contribution in [0.2, 0.25) is 0 Å². The maximum absolute atomic E-state index is 12.5. The van der Waals surface area contributed by atoms with Crippen molar-refractivity contribution in [3.63, 3.8) is 0 Å². The number of carbonyl (C=O) groups is 2. The molecule has 0 aromatic carbocycles. The summed E-state index contributed by atoms with van der Waals surface area (Å²) >= 11 is 1.44. The van der Waals surface area contributed by atoms with Crippen molar-refractivity contribution in [1.82, 2.24) is 14.9 Å². The molecular weight excluding hydrogens is 326 g/mol. The second kappa shape index (κ2) is 7.53. The number of ether oxygens (including phenoxy) is 1. The summed E-state index contributed by atoms with van der Waals surface area (Å²) in [6.45, 7) is 5.36. The van der Waals surface area contributed by atoms with Gasteiger partial charge in [-0.1, -0.05) is 6.07 Å². The van der Waals surface area contributed by atoms with Crippen molar-refractivity contribution < 1.29 is 14.3 Å². The minimum Gasteiger partial charge on any atom is -0.464 e. The fourth-order valence-electron chi connectivity index (χ4n) is 2.02. The van der Waals surface area contributed by atoms with E-state index >= 15 is 0 Å².